The van der Waals surface area contributed by atoms with E-state index < -0.39 is 0 Å². The molecule has 0 unspecified atom stereocenters. The van der Waals surface area contributed by atoms with E-state index in [9.17, 15) is 0 Å². The van der Waals surface area contributed by atoms with E-state index in [4.69, 9.17) is 0 Å². The van der Waals surface area contributed by atoms with E-state index >= 15 is 0 Å². The summed E-state index contributed by atoms with van der Waals surface area (Å²) in [5, 5.41) is 4.38. The summed E-state index contributed by atoms with van der Waals surface area (Å²) < 4.78 is 1.88. The van der Waals surface area contributed by atoms with Crippen LogP contribution in [-0.2, 0) is 20.1 Å². The van der Waals surface area contributed by atoms with E-state index in [2.05, 4.69) is 61.4 Å². The van der Waals surface area contributed by atoms with Crippen LogP contribution in [0.5, 0.6) is 0 Å². The first-order valence-corrected chi connectivity index (χ1v) is 6.28. The molecule has 0 amide bonds. The first-order valence-electron chi connectivity index (χ1n) is 6.28. The number of aryl methyl sites for hydroxylation is 3. The molecule has 0 aliphatic carbocycles. The van der Waals surface area contributed by atoms with Crippen LogP contribution >= 0.6 is 0 Å². The summed E-state index contributed by atoms with van der Waals surface area (Å²) in [6.07, 6.45) is 2.10. The van der Waals surface area contributed by atoms with Crippen molar-refractivity contribution >= 4 is 0 Å². The van der Waals surface area contributed by atoms with Gasteiger partial charge in [-0.05, 0) is 26.5 Å². The van der Waals surface area contributed by atoms with Gasteiger partial charge in [-0.1, -0.05) is 29.8 Å². The lowest BCUT2D eigenvalue weighted by Gasteiger charge is -2.16. The van der Waals surface area contributed by atoms with Crippen LogP contribution in [0.15, 0.2) is 30.5 Å². The van der Waals surface area contributed by atoms with Gasteiger partial charge in [0.25, 0.3) is 0 Å². The number of aromatic nitrogens is 2. The predicted molar refractivity (Wildman–Crippen MR) is 74.3 cm³/mol. The van der Waals surface area contributed by atoms with Crippen LogP contribution in [0.25, 0.3) is 0 Å². The second kappa shape index (κ2) is 5.36. The van der Waals surface area contributed by atoms with Gasteiger partial charge >= 0.3 is 0 Å². The molecular weight excluding hydrogens is 222 g/mol. The Morgan fingerprint density at radius 3 is 2.61 bits per heavy atom. The number of hydrogen-bond donors (Lipinski definition) is 0. The fourth-order valence-corrected chi connectivity index (χ4v) is 2.27. The monoisotopic (exact) mass is 243 g/mol. The third-order valence-electron chi connectivity index (χ3n) is 3.09. The molecule has 0 saturated heterocycles. The molecule has 0 spiro atoms. The van der Waals surface area contributed by atoms with E-state index in [1.807, 2.05) is 11.7 Å². The minimum atomic E-state index is 0.938. The average molecular weight is 243 g/mol. The zero-order valence-corrected chi connectivity index (χ0v) is 11.6. The molecule has 0 radical (unpaired) electrons. The van der Waals surface area contributed by atoms with Crippen LogP contribution in [0, 0.1) is 13.8 Å². The summed E-state index contributed by atoms with van der Waals surface area (Å²) in [4.78, 5) is 2.32. The van der Waals surface area contributed by atoms with Gasteiger partial charge in [-0.25, -0.2) is 0 Å². The van der Waals surface area contributed by atoms with E-state index in [1.54, 1.807) is 0 Å². The van der Waals surface area contributed by atoms with Gasteiger partial charge in [0.2, 0.25) is 0 Å². The number of rotatable bonds is 4. The van der Waals surface area contributed by atoms with Crippen LogP contribution < -0.4 is 0 Å². The maximum absolute atomic E-state index is 4.38. The molecule has 2 aromatic rings. The van der Waals surface area contributed by atoms with Crippen molar-refractivity contribution in [1.29, 1.82) is 0 Å². The fourth-order valence-electron chi connectivity index (χ4n) is 2.27. The Morgan fingerprint density at radius 2 is 2.00 bits per heavy atom. The normalized spacial score (nSPS) is 11.2. The first-order chi connectivity index (χ1) is 8.54. The van der Waals surface area contributed by atoms with Gasteiger partial charge in [0.05, 0.1) is 5.69 Å². The molecule has 18 heavy (non-hydrogen) atoms. The van der Waals surface area contributed by atoms with E-state index in [-0.39, 0.29) is 0 Å². The molecule has 3 heteroatoms. The molecule has 96 valence electrons. The molecule has 0 atom stereocenters. The van der Waals surface area contributed by atoms with Crippen LogP contribution in [-0.4, -0.2) is 21.7 Å². The number of hydrogen-bond acceptors (Lipinski definition) is 2. The molecule has 0 saturated carbocycles. The van der Waals surface area contributed by atoms with Gasteiger partial charge < -0.3 is 0 Å². The van der Waals surface area contributed by atoms with Crippen molar-refractivity contribution in [3.8, 4) is 0 Å². The van der Waals surface area contributed by atoms with Crippen molar-refractivity contribution in [1.82, 2.24) is 14.7 Å². The highest BCUT2D eigenvalue weighted by molar-refractivity contribution is 5.22. The van der Waals surface area contributed by atoms with Gasteiger partial charge in [0, 0.05) is 31.9 Å². The molecule has 1 aromatic heterocycles. The van der Waals surface area contributed by atoms with Crippen LogP contribution in [0.2, 0.25) is 0 Å². The minimum Gasteiger partial charge on any atom is -0.298 e. The summed E-state index contributed by atoms with van der Waals surface area (Å²) >= 11 is 0. The molecule has 3 nitrogen and oxygen atoms in total. The summed E-state index contributed by atoms with van der Waals surface area (Å²) in [6.45, 7) is 6.11. The zero-order chi connectivity index (χ0) is 13.1. The molecule has 0 aliphatic rings. The predicted octanol–water partition coefficient (Wildman–Crippen LogP) is 2.67. The number of benzene rings is 1. The quantitative estimate of drug-likeness (QED) is 0.823. The van der Waals surface area contributed by atoms with Crippen LogP contribution in [0.3, 0.4) is 0 Å². The largest absolute Gasteiger partial charge is 0.298 e. The Morgan fingerprint density at radius 1 is 1.22 bits per heavy atom. The molecule has 1 heterocycles. The second-order valence-corrected chi connectivity index (χ2v) is 5.07. The van der Waals surface area contributed by atoms with Crippen molar-refractivity contribution in [3.05, 3.63) is 52.8 Å². The molecule has 2 rings (SSSR count). The van der Waals surface area contributed by atoms with E-state index in [1.165, 1.54) is 16.7 Å². The summed E-state index contributed by atoms with van der Waals surface area (Å²) in [5.74, 6) is 0. The molecule has 1 aromatic carbocycles. The Labute approximate surface area is 109 Å². The van der Waals surface area contributed by atoms with Gasteiger partial charge in [-0.2, -0.15) is 5.10 Å². The third kappa shape index (κ3) is 3.20. The summed E-state index contributed by atoms with van der Waals surface area (Å²) in [5.41, 5.74) is 5.10. The minimum absolute atomic E-state index is 0.938. The lowest BCUT2D eigenvalue weighted by molar-refractivity contribution is 0.318. The van der Waals surface area contributed by atoms with Crippen molar-refractivity contribution in [3.63, 3.8) is 0 Å². The summed E-state index contributed by atoms with van der Waals surface area (Å²) in [6, 6.07) is 8.68. The average Bonchev–Trinajstić information content (AvgIpc) is 2.57. The van der Waals surface area contributed by atoms with Crippen molar-refractivity contribution < 1.29 is 0 Å². The molecule has 0 N–H and O–H groups in total. The van der Waals surface area contributed by atoms with E-state index in [0.29, 0.717) is 0 Å². The maximum Gasteiger partial charge on any atom is 0.0638 e. The Balaban J connectivity index is 2.00. The number of nitrogens with zero attached hydrogens (tertiary/aromatic N) is 3. The molecule has 0 fully saturated rings. The fraction of sp³-hybridized carbons (Fsp3) is 0.400. The van der Waals surface area contributed by atoms with Crippen molar-refractivity contribution in [2.75, 3.05) is 7.05 Å². The van der Waals surface area contributed by atoms with Gasteiger partial charge in [0.15, 0.2) is 0 Å². The lowest BCUT2D eigenvalue weighted by atomic mass is 10.1. The highest BCUT2D eigenvalue weighted by Crippen LogP contribution is 2.11. The van der Waals surface area contributed by atoms with Gasteiger partial charge in [-0.3, -0.25) is 9.58 Å². The molecular formula is C15H21N3. The molecule has 0 bridgehead atoms. The summed E-state index contributed by atoms with van der Waals surface area (Å²) in [7, 11) is 4.12. The smallest absolute Gasteiger partial charge is 0.0638 e. The SMILES string of the molecule is Cc1cccc(CN(C)Cc2cn(C)nc2C)c1. The first kappa shape index (κ1) is 12.8. The Kier molecular flexibility index (Phi) is 3.82. The van der Waals surface area contributed by atoms with Gasteiger partial charge in [-0.15, -0.1) is 0 Å². The van der Waals surface area contributed by atoms with Gasteiger partial charge in [0.1, 0.15) is 0 Å². The van der Waals surface area contributed by atoms with Crippen LogP contribution in [0.4, 0.5) is 0 Å². The third-order valence-corrected chi connectivity index (χ3v) is 3.09. The van der Waals surface area contributed by atoms with Crippen LogP contribution in [0.1, 0.15) is 22.4 Å². The Bertz CT molecular complexity index is 528. The highest BCUT2D eigenvalue weighted by atomic mass is 15.3. The zero-order valence-electron chi connectivity index (χ0n) is 11.6. The maximum atomic E-state index is 4.38. The topological polar surface area (TPSA) is 21.1 Å². The van der Waals surface area contributed by atoms with E-state index in [0.717, 1.165) is 18.8 Å². The second-order valence-electron chi connectivity index (χ2n) is 5.07. The highest BCUT2D eigenvalue weighted by Gasteiger charge is 2.07. The lowest BCUT2D eigenvalue weighted by Crippen LogP contribution is -2.17. The standard InChI is InChI=1S/C15H21N3/c1-12-6-5-7-14(8-12)9-17(3)10-15-11-18(4)16-13(15)2/h5-8,11H,9-10H2,1-4H3. The molecule has 0 aliphatic heterocycles. The van der Waals surface area contributed by atoms with Crippen molar-refractivity contribution in [2.45, 2.75) is 26.9 Å². The van der Waals surface area contributed by atoms with Crippen molar-refractivity contribution in [2.24, 2.45) is 7.05 Å². The Hall–Kier alpha value is -1.61.